The second-order valence-electron chi connectivity index (χ2n) is 6.96. The Morgan fingerprint density at radius 3 is 2.38 bits per heavy atom. The third-order valence-corrected chi connectivity index (χ3v) is 4.87. The molecule has 0 radical (unpaired) electrons. The predicted octanol–water partition coefficient (Wildman–Crippen LogP) is 2.21. The van der Waals surface area contributed by atoms with Crippen molar-refractivity contribution in [2.75, 3.05) is 32.1 Å². The van der Waals surface area contributed by atoms with E-state index in [-0.39, 0.29) is 24.3 Å². The number of carbonyl (C=O) groups is 3. The van der Waals surface area contributed by atoms with Crippen molar-refractivity contribution in [2.45, 2.75) is 19.4 Å². The third kappa shape index (κ3) is 5.13. The Morgan fingerprint density at radius 1 is 1.10 bits per heavy atom. The predicted molar refractivity (Wildman–Crippen MR) is 110 cm³/mol. The highest BCUT2D eigenvalue weighted by molar-refractivity contribution is 5.95. The number of ether oxygens (including phenoxy) is 1. The van der Waals surface area contributed by atoms with Crippen LogP contribution in [0.5, 0.6) is 5.75 Å². The second kappa shape index (κ2) is 9.23. The van der Waals surface area contributed by atoms with Gasteiger partial charge in [0.2, 0.25) is 5.91 Å². The minimum absolute atomic E-state index is 0.0746. The van der Waals surface area contributed by atoms with E-state index in [2.05, 4.69) is 5.32 Å². The summed E-state index contributed by atoms with van der Waals surface area (Å²) in [5.41, 5.74) is 2.35. The van der Waals surface area contributed by atoms with Crippen molar-refractivity contribution in [3.05, 3.63) is 59.7 Å². The van der Waals surface area contributed by atoms with Crippen molar-refractivity contribution in [1.82, 2.24) is 10.2 Å². The van der Waals surface area contributed by atoms with Gasteiger partial charge in [0.1, 0.15) is 5.75 Å². The molecule has 0 unspecified atom stereocenters. The van der Waals surface area contributed by atoms with Gasteiger partial charge in [-0.1, -0.05) is 12.1 Å². The van der Waals surface area contributed by atoms with Crippen molar-refractivity contribution >= 4 is 23.4 Å². The van der Waals surface area contributed by atoms with Crippen molar-refractivity contribution < 1.29 is 19.1 Å². The summed E-state index contributed by atoms with van der Waals surface area (Å²) in [5, 5.41) is 2.57. The van der Waals surface area contributed by atoms with Crippen LogP contribution >= 0.6 is 0 Å². The Hall–Kier alpha value is -3.35. The van der Waals surface area contributed by atoms with Crippen molar-refractivity contribution in [3.63, 3.8) is 0 Å². The van der Waals surface area contributed by atoms with Gasteiger partial charge in [-0.15, -0.1) is 0 Å². The Labute approximate surface area is 170 Å². The summed E-state index contributed by atoms with van der Waals surface area (Å²) in [4.78, 5) is 39.0. The lowest BCUT2D eigenvalue weighted by Crippen LogP contribution is -2.31. The van der Waals surface area contributed by atoms with Gasteiger partial charge in [-0.3, -0.25) is 14.4 Å². The molecule has 7 heteroatoms. The molecule has 0 saturated carbocycles. The molecule has 1 aliphatic rings. The Kier molecular flexibility index (Phi) is 6.49. The van der Waals surface area contributed by atoms with Gasteiger partial charge in [-0.05, 0) is 48.4 Å². The summed E-state index contributed by atoms with van der Waals surface area (Å²) >= 11 is 0. The number of rotatable bonds is 7. The number of nitrogens with one attached hydrogen (secondary N) is 1. The highest BCUT2D eigenvalue weighted by atomic mass is 16.5. The van der Waals surface area contributed by atoms with E-state index in [4.69, 9.17) is 4.74 Å². The number of benzene rings is 2. The highest BCUT2D eigenvalue weighted by Gasteiger charge is 2.21. The molecule has 2 aromatic rings. The van der Waals surface area contributed by atoms with Crippen molar-refractivity contribution in [1.29, 1.82) is 0 Å². The van der Waals surface area contributed by atoms with Gasteiger partial charge >= 0.3 is 0 Å². The lowest BCUT2D eigenvalue weighted by Gasteiger charge is -2.18. The van der Waals surface area contributed by atoms with Crippen LogP contribution in [-0.2, 0) is 16.1 Å². The van der Waals surface area contributed by atoms with Gasteiger partial charge in [-0.25, -0.2) is 0 Å². The van der Waals surface area contributed by atoms with Gasteiger partial charge < -0.3 is 19.9 Å². The quantitative estimate of drug-likeness (QED) is 0.780. The SMILES string of the molecule is CNC(=O)c1ccc(CN(C)C(=O)COc2ccc(N3CCCC3=O)cc2)cc1. The second-order valence-corrected chi connectivity index (χ2v) is 6.96. The molecule has 1 saturated heterocycles. The van der Waals surface area contributed by atoms with Gasteiger partial charge in [0.05, 0.1) is 0 Å². The molecule has 0 atom stereocenters. The summed E-state index contributed by atoms with van der Waals surface area (Å²) < 4.78 is 5.59. The number of hydrogen-bond acceptors (Lipinski definition) is 4. The van der Waals surface area contributed by atoms with E-state index in [9.17, 15) is 14.4 Å². The molecule has 152 valence electrons. The zero-order valence-corrected chi connectivity index (χ0v) is 16.7. The van der Waals surface area contributed by atoms with Crippen LogP contribution in [0.25, 0.3) is 0 Å². The first-order chi connectivity index (χ1) is 14.0. The number of carbonyl (C=O) groups excluding carboxylic acids is 3. The zero-order valence-electron chi connectivity index (χ0n) is 16.7. The first kappa shape index (κ1) is 20.4. The molecular formula is C22H25N3O4. The fourth-order valence-corrected chi connectivity index (χ4v) is 3.17. The molecule has 1 aliphatic heterocycles. The average Bonchev–Trinajstić information content (AvgIpc) is 3.18. The monoisotopic (exact) mass is 395 g/mol. The summed E-state index contributed by atoms with van der Waals surface area (Å²) in [6, 6.07) is 14.3. The van der Waals surface area contributed by atoms with Crippen LogP contribution in [0.2, 0.25) is 0 Å². The molecule has 0 aliphatic carbocycles. The molecule has 3 rings (SSSR count). The first-order valence-corrected chi connectivity index (χ1v) is 9.56. The molecule has 0 spiro atoms. The lowest BCUT2D eigenvalue weighted by atomic mass is 10.1. The van der Waals surface area contributed by atoms with E-state index >= 15 is 0 Å². The fraction of sp³-hybridized carbons (Fsp3) is 0.318. The van der Waals surface area contributed by atoms with Crippen LogP contribution in [0, 0.1) is 0 Å². The maximum atomic E-state index is 12.3. The average molecular weight is 395 g/mol. The van der Waals surface area contributed by atoms with Crippen molar-refractivity contribution in [2.24, 2.45) is 0 Å². The maximum absolute atomic E-state index is 12.3. The normalized spacial score (nSPS) is 13.3. The van der Waals surface area contributed by atoms with E-state index in [1.54, 1.807) is 48.2 Å². The van der Waals surface area contributed by atoms with Crippen LogP contribution in [0.15, 0.2) is 48.5 Å². The first-order valence-electron chi connectivity index (χ1n) is 9.56. The van der Waals surface area contributed by atoms with Gasteiger partial charge in [-0.2, -0.15) is 0 Å². The van der Waals surface area contributed by atoms with E-state index in [0.29, 0.717) is 24.3 Å². The highest BCUT2D eigenvalue weighted by Crippen LogP contribution is 2.23. The minimum Gasteiger partial charge on any atom is -0.484 e. The fourth-order valence-electron chi connectivity index (χ4n) is 3.17. The van der Waals surface area contributed by atoms with Gasteiger partial charge in [0, 0.05) is 44.9 Å². The van der Waals surface area contributed by atoms with Gasteiger partial charge in [0.25, 0.3) is 11.8 Å². The van der Waals surface area contributed by atoms with Crippen LogP contribution in [0.4, 0.5) is 5.69 Å². The summed E-state index contributed by atoms with van der Waals surface area (Å²) in [6.45, 7) is 1.09. The van der Waals surface area contributed by atoms with E-state index in [1.807, 2.05) is 24.3 Å². The van der Waals surface area contributed by atoms with E-state index < -0.39 is 0 Å². The van der Waals surface area contributed by atoms with E-state index in [0.717, 1.165) is 24.2 Å². The Balaban J connectivity index is 1.49. The number of likely N-dealkylation sites (N-methyl/N-ethyl adjacent to an activating group) is 1. The number of nitrogens with zero attached hydrogens (tertiary/aromatic N) is 2. The van der Waals surface area contributed by atoms with Gasteiger partial charge in [0.15, 0.2) is 6.61 Å². The Morgan fingerprint density at radius 2 is 1.79 bits per heavy atom. The van der Waals surface area contributed by atoms with Crippen molar-refractivity contribution in [3.8, 4) is 5.75 Å². The third-order valence-electron chi connectivity index (χ3n) is 4.87. The number of hydrogen-bond donors (Lipinski definition) is 1. The smallest absolute Gasteiger partial charge is 0.260 e. The molecule has 2 aromatic carbocycles. The van der Waals surface area contributed by atoms with Crippen LogP contribution < -0.4 is 15.0 Å². The molecule has 7 nitrogen and oxygen atoms in total. The Bertz CT molecular complexity index is 878. The van der Waals surface area contributed by atoms with Crippen LogP contribution in [0.3, 0.4) is 0 Å². The standard InChI is InChI=1S/C22H25N3O4/c1-23-22(28)17-7-5-16(6-8-17)14-24(2)21(27)15-29-19-11-9-18(10-12-19)25-13-3-4-20(25)26/h5-12H,3-4,13-15H2,1-2H3,(H,23,28). The largest absolute Gasteiger partial charge is 0.484 e. The molecule has 29 heavy (non-hydrogen) atoms. The summed E-state index contributed by atoms with van der Waals surface area (Å²) in [5.74, 6) is 0.421. The lowest BCUT2D eigenvalue weighted by molar-refractivity contribution is -0.132. The molecule has 1 heterocycles. The van der Waals surface area contributed by atoms with Crippen LogP contribution in [0.1, 0.15) is 28.8 Å². The molecular weight excluding hydrogens is 370 g/mol. The molecule has 0 bridgehead atoms. The number of amides is 3. The zero-order chi connectivity index (χ0) is 20.8. The maximum Gasteiger partial charge on any atom is 0.260 e. The summed E-state index contributed by atoms with van der Waals surface area (Å²) in [6.07, 6.45) is 1.47. The molecule has 3 amide bonds. The molecule has 1 N–H and O–H groups in total. The minimum atomic E-state index is -0.154. The van der Waals surface area contributed by atoms with E-state index in [1.165, 1.54) is 0 Å². The summed E-state index contributed by atoms with van der Waals surface area (Å²) in [7, 11) is 3.29. The number of anilines is 1. The molecule has 1 fully saturated rings. The molecule has 0 aromatic heterocycles. The van der Waals surface area contributed by atoms with Crippen LogP contribution in [-0.4, -0.2) is 49.9 Å². The topological polar surface area (TPSA) is 79.0 Å².